The molecule has 180 valence electrons. The summed E-state index contributed by atoms with van der Waals surface area (Å²) < 4.78 is 50.8. The van der Waals surface area contributed by atoms with Crippen LogP contribution in [0.15, 0.2) is 41.7 Å². The van der Waals surface area contributed by atoms with Gasteiger partial charge in [0.25, 0.3) is 10.0 Å². The summed E-state index contributed by atoms with van der Waals surface area (Å²) in [7, 11) is -4.18. The minimum atomic E-state index is -4.18. The number of halogens is 1. The summed E-state index contributed by atoms with van der Waals surface area (Å²) in [5.74, 6) is -0.991. The van der Waals surface area contributed by atoms with Crippen LogP contribution in [0, 0.1) is 12.7 Å². The van der Waals surface area contributed by atoms with Gasteiger partial charge in [0, 0.05) is 24.0 Å². The molecule has 1 aromatic carbocycles. The molecule has 0 saturated carbocycles. The zero-order valence-electron chi connectivity index (χ0n) is 19.7. The Hall–Kier alpha value is -3.27. The first kappa shape index (κ1) is 23.9. The van der Waals surface area contributed by atoms with E-state index in [1.165, 1.54) is 23.3 Å². The Balaban J connectivity index is 1.95. The molecule has 1 amide bonds. The zero-order chi connectivity index (χ0) is 24.8. The molecular formula is C24H27FN4O4S. The van der Waals surface area contributed by atoms with Crippen molar-refractivity contribution in [1.29, 1.82) is 0 Å². The Bertz CT molecular complexity index is 1380. The maximum atomic E-state index is 15.5. The van der Waals surface area contributed by atoms with Crippen LogP contribution in [0.5, 0.6) is 5.88 Å². The number of rotatable bonds is 1. The number of nitrogens with zero attached hydrogens (tertiary/aromatic N) is 3. The van der Waals surface area contributed by atoms with E-state index in [2.05, 4.69) is 14.8 Å². The van der Waals surface area contributed by atoms with Crippen LogP contribution in [0.1, 0.15) is 50.3 Å². The summed E-state index contributed by atoms with van der Waals surface area (Å²) in [5, 5.41) is 4.16. The Morgan fingerprint density at radius 3 is 2.71 bits per heavy atom. The number of aryl methyl sites for hydroxylation is 1. The third kappa shape index (κ3) is 4.42. The molecule has 0 aliphatic carbocycles. The van der Waals surface area contributed by atoms with Crippen molar-refractivity contribution in [3.8, 4) is 17.0 Å². The molecule has 1 aliphatic rings. The van der Waals surface area contributed by atoms with E-state index in [0.717, 1.165) is 5.56 Å². The summed E-state index contributed by atoms with van der Waals surface area (Å²) in [6, 6.07) is 4.99. The highest BCUT2D eigenvalue weighted by molar-refractivity contribution is 7.90. The van der Waals surface area contributed by atoms with Gasteiger partial charge in [0.05, 0.1) is 18.2 Å². The fourth-order valence-corrected chi connectivity index (χ4v) is 4.92. The fraction of sp³-hybridized carbons (Fsp3) is 0.375. The van der Waals surface area contributed by atoms with Crippen molar-refractivity contribution in [2.45, 2.75) is 57.4 Å². The SMILES string of the molecule is Cc1cc(C(C)C)c2c(c1F)-c1ccnc(c1)OCC(C)(C)n1cc(cn1)S(=O)(=O)NC(=O)C2. The van der Waals surface area contributed by atoms with E-state index >= 15 is 4.39 Å². The van der Waals surface area contributed by atoms with Crippen molar-refractivity contribution in [3.05, 3.63) is 59.3 Å². The fourth-order valence-electron chi connectivity index (χ4n) is 4.01. The predicted molar refractivity (Wildman–Crippen MR) is 125 cm³/mol. The lowest BCUT2D eigenvalue weighted by atomic mass is 9.86. The maximum Gasteiger partial charge on any atom is 0.267 e. The van der Waals surface area contributed by atoms with Crippen molar-refractivity contribution < 1.29 is 22.3 Å². The first-order chi connectivity index (χ1) is 15.9. The molecule has 0 radical (unpaired) electrons. The van der Waals surface area contributed by atoms with Crippen LogP contribution in [0.2, 0.25) is 0 Å². The highest BCUT2D eigenvalue weighted by atomic mass is 32.2. The van der Waals surface area contributed by atoms with Crippen molar-refractivity contribution in [3.63, 3.8) is 0 Å². The number of carbonyl (C=O) groups excluding carboxylic acids is 1. The molecule has 1 N–H and O–H groups in total. The van der Waals surface area contributed by atoms with Crippen LogP contribution >= 0.6 is 0 Å². The summed E-state index contributed by atoms with van der Waals surface area (Å²) in [6.45, 7) is 9.31. The Labute approximate surface area is 198 Å². The van der Waals surface area contributed by atoms with Gasteiger partial charge in [-0.25, -0.2) is 22.5 Å². The molecule has 4 bridgehead atoms. The largest absolute Gasteiger partial charge is 0.475 e. The third-order valence-electron chi connectivity index (χ3n) is 5.88. The maximum absolute atomic E-state index is 15.5. The van der Waals surface area contributed by atoms with E-state index in [1.807, 2.05) is 27.7 Å². The van der Waals surface area contributed by atoms with Crippen molar-refractivity contribution >= 4 is 15.9 Å². The lowest BCUT2D eigenvalue weighted by Gasteiger charge is -2.25. The number of benzene rings is 1. The molecule has 4 rings (SSSR count). The molecule has 1 aliphatic heterocycles. The van der Waals surface area contributed by atoms with Gasteiger partial charge in [-0.1, -0.05) is 19.9 Å². The molecule has 0 saturated heterocycles. The lowest BCUT2D eigenvalue weighted by molar-refractivity contribution is -0.118. The van der Waals surface area contributed by atoms with Crippen LogP contribution in [0.4, 0.5) is 4.39 Å². The number of hydrogen-bond donors (Lipinski definition) is 1. The molecule has 0 spiro atoms. The van der Waals surface area contributed by atoms with Crippen LogP contribution in [0.3, 0.4) is 0 Å². The quantitative estimate of drug-likeness (QED) is 0.563. The molecule has 0 atom stereocenters. The first-order valence-corrected chi connectivity index (χ1v) is 12.4. The second-order valence-electron chi connectivity index (χ2n) is 9.41. The second-order valence-corrected chi connectivity index (χ2v) is 11.1. The van der Waals surface area contributed by atoms with Crippen molar-refractivity contribution in [2.75, 3.05) is 6.61 Å². The standard InChI is InChI=1S/C24H27FN4O4S/c1-14(2)18-8-15(3)23(25)22-16-6-7-26-21(9-16)33-13-24(4,5)29-12-17(11-27-29)34(31,32)28-20(30)10-19(18)22/h6-9,11-12,14H,10,13H2,1-5H3,(H,28,30). The number of ether oxygens (including phenoxy) is 1. The summed E-state index contributed by atoms with van der Waals surface area (Å²) in [5.41, 5.74) is 1.62. The van der Waals surface area contributed by atoms with E-state index in [0.29, 0.717) is 16.7 Å². The number of carbonyl (C=O) groups is 1. The van der Waals surface area contributed by atoms with E-state index < -0.39 is 27.3 Å². The Morgan fingerprint density at radius 1 is 1.26 bits per heavy atom. The van der Waals surface area contributed by atoms with Crippen LogP contribution in [0.25, 0.3) is 11.1 Å². The lowest BCUT2D eigenvalue weighted by Crippen LogP contribution is -2.34. The highest BCUT2D eigenvalue weighted by Crippen LogP contribution is 2.36. The zero-order valence-corrected chi connectivity index (χ0v) is 20.5. The molecule has 8 nitrogen and oxygen atoms in total. The molecular weight excluding hydrogens is 459 g/mol. The predicted octanol–water partition coefficient (Wildman–Crippen LogP) is 3.69. The van der Waals surface area contributed by atoms with Gasteiger partial charge in [0.2, 0.25) is 11.8 Å². The van der Waals surface area contributed by atoms with Gasteiger partial charge in [0.1, 0.15) is 17.3 Å². The highest BCUT2D eigenvalue weighted by Gasteiger charge is 2.29. The third-order valence-corrected chi connectivity index (χ3v) is 7.21. The first-order valence-electron chi connectivity index (χ1n) is 10.9. The number of pyridine rings is 1. The van der Waals surface area contributed by atoms with Crippen molar-refractivity contribution in [1.82, 2.24) is 19.5 Å². The van der Waals surface area contributed by atoms with E-state index in [4.69, 9.17) is 4.74 Å². The number of hydrogen-bond acceptors (Lipinski definition) is 6. The van der Waals surface area contributed by atoms with E-state index in [9.17, 15) is 13.2 Å². The van der Waals surface area contributed by atoms with Crippen LogP contribution < -0.4 is 9.46 Å². The second kappa shape index (κ2) is 8.50. The number of amides is 1. The number of nitrogens with one attached hydrogen (secondary N) is 1. The molecule has 34 heavy (non-hydrogen) atoms. The topological polar surface area (TPSA) is 103 Å². The van der Waals surface area contributed by atoms with Gasteiger partial charge in [-0.2, -0.15) is 5.10 Å². The minimum Gasteiger partial charge on any atom is -0.475 e. The van der Waals surface area contributed by atoms with Gasteiger partial charge in [0.15, 0.2) is 0 Å². The summed E-state index contributed by atoms with van der Waals surface area (Å²) in [4.78, 5) is 17.1. The normalized spacial score (nSPS) is 17.2. The summed E-state index contributed by atoms with van der Waals surface area (Å²) in [6.07, 6.45) is 3.72. The number of sulfonamides is 1. The van der Waals surface area contributed by atoms with Crippen LogP contribution in [-0.2, 0) is 26.8 Å². The number of fused-ring (bicyclic) bond motifs is 6. The average Bonchev–Trinajstić information content (AvgIpc) is 3.26. The molecule has 0 unspecified atom stereocenters. The minimum absolute atomic E-state index is 0.0314. The van der Waals surface area contributed by atoms with Gasteiger partial charge >= 0.3 is 0 Å². The van der Waals surface area contributed by atoms with E-state index in [-0.39, 0.29) is 35.3 Å². The smallest absolute Gasteiger partial charge is 0.267 e. The molecule has 0 fully saturated rings. The van der Waals surface area contributed by atoms with Crippen molar-refractivity contribution in [2.24, 2.45) is 0 Å². The molecule has 3 aromatic rings. The van der Waals surface area contributed by atoms with Gasteiger partial charge in [-0.3, -0.25) is 9.48 Å². The molecule has 2 aromatic heterocycles. The summed E-state index contributed by atoms with van der Waals surface area (Å²) >= 11 is 0. The average molecular weight is 487 g/mol. The van der Waals surface area contributed by atoms with E-state index in [1.54, 1.807) is 25.1 Å². The molecule has 3 heterocycles. The molecule has 10 heteroatoms. The Morgan fingerprint density at radius 2 is 2.00 bits per heavy atom. The van der Waals surface area contributed by atoms with Gasteiger partial charge in [-0.15, -0.1) is 0 Å². The van der Waals surface area contributed by atoms with Gasteiger partial charge in [-0.05, 0) is 55.0 Å². The monoisotopic (exact) mass is 486 g/mol. The van der Waals surface area contributed by atoms with Gasteiger partial charge < -0.3 is 4.74 Å². The Kier molecular flexibility index (Phi) is 5.97. The van der Waals surface area contributed by atoms with Crippen LogP contribution in [-0.4, -0.2) is 35.7 Å². The number of aromatic nitrogens is 3.